The van der Waals surface area contributed by atoms with E-state index in [-0.39, 0.29) is 29.4 Å². The van der Waals surface area contributed by atoms with Crippen LogP contribution in [0.3, 0.4) is 0 Å². The van der Waals surface area contributed by atoms with E-state index < -0.39 is 0 Å². The largest absolute Gasteiger partial charge is 0.356 e. The van der Waals surface area contributed by atoms with Crippen LogP contribution in [0, 0.1) is 6.92 Å². The number of hydrogen-bond acceptors (Lipinski definition) is 3. The molecule has 0 amide bonds. The Hall–Kier alpha value is -1.15. The van der Waals surface area contributed by atoms with Gasteiger partial charge < -0.3 is 10.6 Å². The predicted octanol–water partition coefficient (Wildman–Crippen LogP) is 4.59. The Kier molecular flexibility index (Phi) is 7.46. The topological polar surface area (TPSA) is 49.3 Å². The highest BCUT2D eigenvalue weighted by molar-refractivity contribution is 14.0. The lowest BCUT2D eigenvalue weighted by Crippen LogP contribution is -2.41. The summed E-state index contributed by atoms with van der Waals surface area (Å²) in [5, 5.41) is 10.2. The van der Waals surface area contributed by atoms with Gasteiger partial charge >= 0.3 is 0 Å². The molecule has 1 heterocycles. The molecule has 0 spiro atoms. The van der Waals surface area contributed by atoms with Crippen molar-refractivity contribution in [2.24, 2.45) is 4.99 Å². The summed E-state index contributed by atoms with van der Waals surface area (Å²) in [6, 6.07) is 8.73. The number of aliphatic imine (C=N–C) groups is 1. The standard InChI is InChI=1S/C20H28N4S.HI/c1-14(2)17-12-25-18(24-17)11-22-19(21-4)23-13-20(9-10-20)16-8-6-5-7-15(16)3;/h5-8,12,14H,9-11,13H2,1-4H3,(H2,21,22,23);1H. The van der Waals surface area contributed by atoms with Crippen molar-refractivity contribution in [2.45, 2.75) is 51.5 Å². The Labute approximate surface area is 177 Å². The second-order valence-electron chi connectivity index (χ2n) is 7.20. The molecule has 6 heteroatoms. The van der Waals surface area contributed by atoms with Crippen molar-refractivity contribution in [1.82, 2.24) is 15.6 Å². The molecule has 0 bridgehead atoms. The fraction of sp³-hybridized carbons (Fsp3) is 0.500. The zero-order chi connectivity index (χ0) is 17.9. The number of guanidine groups is 1. The number of aromatic nitrogens is 1. The molecule has 1 saturated carbocycles. The molecule has 1 aliphatic carbocycles. The summed E-state index contributed by atoms with van der Waals surface area (Å²) >= 11 is 1.71. The van der Waals surface area contributed by atoms with Crippen molar-refractivity contribution in [3.05, 3.63) is 51.5 Å². The first-order valence-electron chi connectivity index (χ1n) is 8.99. The molecule has 1 aromatic heterocycles. The highest BCUT2D eigenvalue weighted by atomic mass is 127. The molecule has 2 N–H and O–H groups in total. The summed E-state index contributed by atoms with van der Waals surface area (Å²) < 4.78 is 0. The fourth-order valence-corrected chi connectivity index (χ4v) is 4.06. The van der Waals surface area contributed by atoms with Gasteiger partial charge in [-0.15, -0.1) is 35.3 Å². The van der Waals surface area contributed by atoms with Crippen LogP contribution in [0.25, 0.3) is 0 Å². The SMILES string of the molecule is CN=C(NCc1nc(C(C)C)cs1)NCC1(c2ccccc2C)CC1.I. The van der Waals surface area contributed by atoms with Gasteiger partial charge in [-0.1, -0.05) is 38.1 Å². The number of thiazole rings is 1. The first-order valence-corrected chi connectivity index (χ1v) is 9.87. The molecule has 0 unspecified atom stereocenters. The average Bonchev–Trinajstić information content (AvgIpc) is 3.23. The highest BCUT2D eigenvalue weighted by Gasteiger charge is 2.44. The number of rotatable bonds is 6. The van der Waals surface area contributed by atoms with E-state index in [9.17, 15) is 0 Å². The van der Waals surface area contributed by atoms with Crippen molar-refractivity contribution >= 4 is 41.3 Å². The molecule has 2 aromatic rings. The molecule has 1 aromatic carbocycles. The van der Waals surface area contributed by atoms with Gasteiger partial charge in [-0.2, -0.15) is 0 Å². The van der Waals surface area contributed by atoms with Crippen LogP contribution in [0.2, 0.25) is 0 Å². The second-order valence-corrected chi connectivity index (χ2v) is 8.14. The third kappa shape index (κ3) is 4.97. The van der Waals surface area contributed by atoms with E-state index in [2.05, 4.69) is 71.0 Å². The molecule has 1 aliphatic rings. The summed E-state index contributed by atoms with van der Waals surface area (Å²) in [6.07, 6.45) is 2.48. The van der Waals surface area contributed by atoms with Gasteiger partial charge in [0.25, 0.3) is 0 Å². The molecule has 142 valence electrons. The third-order valence-corrected chi connectivity index (χ3v) is 5.82. The first-order chi connectivity index (χ1) is 12.0. The van der Waals surface area contributed by atoms with Crippen LogP contribution in [0.5, 0.6) is 0 Å². The Morgan fingerprint density at radius 3 is 2.58 bits per heavy atom. The van der Waals surface area contributed by atoms with Crippen LogP contribution >= 0.6 is 35.3 Å². The zero-order valence-corrected chi connectivity index (χ0v) is 19.2. The van der Waals surface area contributed by atoms with Gasteiger partial charge in [-0.3, -0.25) is 4.99 Å². The molecule has 0 radical (unpaired) electrons. The first kappa shape index (κ1) is 21.2. The summed E-state index contributed by atoms with van der Waals surface area (Å²) in [5.41, 5.74) is 4.30. The number of benzene rings is 1. The monoisotopic (exact) mass is 484 g/mol. The van der Waals surface area contributed by atoms with Crippen molar-refractivity contribution in [3.8, 4) is 0 Å². The van der Waals surface area contributed by atoms with Gasteiger partial charge in [-0.05, 0) is 36.8 Å². The van der Waals surface area contributed by atoms with E-state index >= 15 is 0 Å². The Morgan fingerprint density at radius 1 is 1.27 bits per heavy atom. The third-order valence-electron chi connectivity index (χ3n) is 4.96. The molecule has 4 nitrogen and oxygen atoms in total. The van der Waals surface area contributed by atoms with Gasteiger partial charge in [0, 0.05) is 24.4 Å². The van der Waals surface area contributed by atoms with E-state index in [1.165, 1.54) is 29.7 Å². The van der Waals surface area contributed by atoms with Crippen molar-refractivity contribution in [1.29, 1.82) is 0 Å². The number of hydrogen-bond donors (Lipinski definition) is 2. The van der Waals surface area contributed by atoms with E-state index in [1.807, 2.05) is 7.05 Å². The van der Waals surface area contributed by atoms with Crippen LogP contribution in [0.4, 0.5) is 0 Å². The minimum atomic E-state index is 0. The lowest BCUT2D eigenvalue weighted by molar-refractivity contribution is 0.641. The zero-order valence-electron chi connectivity index (χ0n) is 16.0. The van der Waals surface area contributed by atoms with Gasteiger partial charge in [0.15, 0.2) is 5.96 Å². The lowest BCUT2D eigenvalue weighted by atomic mass is 9.92. The Morgan fingerprint density at radius 2 is 2.00 bits per heavy atom. The van der Waals surface area contributed by atoms with Crippen LogP contribution in [-0.2, 0) is 12.0 Å². The van der Waals surface area contributed by atoms with Gasteiger partial charge in [0.05, 0.1) is 12.2 Å². The van der Waals surface area contributed by atoms with Crippen molar-refractivity contribution < 1.29 is 0 Å². The molecule has 0 saturated heterocycles. The van der Waals surface area contributed by atoms with Crippen LogP contribution in [-0.4, -0.2) is 24.5 Å². The number of nitrogens with one attached hydrogen (secondary N) is 2. The Balaban J connectivity index is 0.00000243. The second kappa shape index (κ2) is 9.17. The number of halogens is 1. The molecular weight excluding hydrogens is 455 g/mol. The van der Waals surface area contributed by atoms with Crippen LogP contribution in [0.15, 0.2) is 34.6 Å². The highest BCUT2D eigenvalue weighted by Crippen LogP contribution is 2.48. The van der Waals surface area contributed by atoms with Crippen LogP contribution < -0.4 is 10.6 Å². The number of aryl methyl sites for hydroxylation is 1. The summed E-state index contributed by atoms with van der Waals surface area (Å²) in [7, 11) is 1.82. The van der Waals surface area contributed by atoms with E-state index in [0.29, 0.717) is 12.5 Å². The summed E-state index contributed by atoms with van der Waals surface area (Å²) in [4.78, 5) is 9.03. The molecular formula is C20H29IN4S. The maximum absolute atomic E-state index is 4.67. The van der Waals surface area contributed by atoms with Crippen molar-refractivity contribution in [2.75, 3.05) is 13.6 Å². The van der Waals surface area contributed by atoms with Crippen molar-refractivity contribution in [3.63, 3.8) is 0 Å². The van der Waals surface area contributed by atoms with E-state index in [1.54, 1.807) is 11.3 Å². The normalized spacial score (nSPS) is 15.5. The van der Waals surface area contributed by atoms with Crippen LogP contribution in [0.1, 0.15) is 54.4 Å². The molecule has 26 heavy (non-hydrogen) atoms. The predicted molar refractivity (Wildman–Crippen MR) is 122 cm³/mol. The van der Waals surface area contributed by atoms with Gasteiger partial charge in [0.2, 0.25) is 0 Å². The number of nitrogens with zero attached hydrogens (tertiary/aromatic N) is 2. The molecule has 3 rings (SSSR count). The maximum Gasteiger partial charge on any atom is 0.191 e. The smallest absolute Gasteiger partial charge is 0.191 e. The fourth-order valence-electron chi connectivity index (χ4n) is 3.16. The van der Waals surface area contributed by atoms with Gasteiger partial charge in [0.1, 0.15) is 5.01 Å². The van der Waals surface area contributed by atoms with Gasteiger partial charge in [-0.25, -0.2) is 4.98 Å². The van der Waals surface area contributed by atoms with E-state index in [4.69, 9.17) is 0 Å². The summed E-state index contributed by atoms with van der Waals surface area (Å²) in [6.45, 7) is 8.19. The minimum Gasteiger partial charge on any atom is -0.356 e. The summed E-state index contributed by atoms with van der Waals surface area (Å²) in [5.74, 6) is 1.33. The average molecular weight is 484 g/mol. The minimum absolute atomic E-state index is 0. The maximum atomic E-state index is 4.67. The van der Waals surface area contributed by atoms with E-state index in [0.717, 1.165) is 17.5 Å². The Bertz CT molecular complexity index is 750. The quantitative estimate of drug-likeness (QED) is 0.358. The lowest BCUT2D eigenvalue weighted by Gasteiger charge is -2.20. The molecule has 0 atom stereocenters. The molecule has 0 aliphatic heterocycles. The molecule has 1 fully saturated rings.